The van der Waals surface area contributed by atoms with Crippen LogP contribution in [0.25, 0.3) is 0 Å². The van der Waals surface area contributed by atoms with Gasteiger partial charge in [-0.1, -0.05) is 19.8 Å². The molecule has 0 spiro atoms. The quantitative estimate of drug-likeness (QED) is 0.701. The molecular weight excluding hydrogens is 218 g/mol. The lowest BCUT2D eigenvalue weighted by Gasteiger charge is -2.44. The number of ether oxygens (including phenoxy) is 2. The van der Waals surface area contributed by atoms with Gasteiger partial charge in [0.05, 0.1) is 25.7 Å². The van der Waals surface area contributed by atoms with Crippen LogP contribution in [0.4, 0.5) is 0 Å². The molecule has 1 saturated heterocycles. The fourth-order valence-electron chi connectivity index (χ4n) is 3.03. The first kappa shape index (κ1) is 12.8. The average molecular weight is 241 g/mol. The highest BCUT2D eigenvalue weighted by atomic mass is 16.5. The van der Waals surface area contributed by atoms with Crippen molar-refractivity contribution < 1.29 is 14.3 Å². The van der Waals surface area contributed by atoms with Gasteiger partial charge in [-0.15, -0.1) is 0 Å². The van der Waals surface area contributed by atoms with Crippen LogP contribution >= 0.6 is 0 Å². The molecule has 1 aliphatic heterocycles. The molecule has 4 heteroatoms. The van der Waals surface area contributed by atoms with Crippen LogP contribution in [-0.4, -0.2) is 49.8 Å². The summed E-state index contributed by atoms with van der Waals surface area (Å²) in [6.07, 6.45) is 5.34. The van der Waals surface area contributed by atoms with Gasteiger partial charge in [-0.2, -0.15) is 0 Å². The molecule has 0 amide bonds. The zero-order valence-corrected chi connectivity index (χ0v) is 10.9. The van der Waals surface area contributed by atoms with Gasteiger partial charge in [0, 0.05) is 19.1 Å². The number of methoxy groups -OCH3 is 1. The third-order valence-electron chi connectivity index (χ3n) is 3.96. The maximum atomic E-state index is 11.5. The van der Waals surface area contributed by atoms with Gasteiger partial charge in [-0.25, -0.2) is 0 Å². The minimum atomic E-state index is -0.108. The molecule has 2 fully saturated rings. The summed E-state index contributed by atoms with van der Waals surface area (Å²) < 4.78 is 10.6. The van der Waals surface area contributed by atoms with Gasteiger partial charge in [0.1, 0.15) is 0 Å². The Labute approximate surface area is 103 Å². The molecule has 0 radical (unpaired) electrons. The van der Waals surface area contributed by atoms with Gasteiger partial charge >= 0.3 is 5.97 Å². The molecule has 1 heterocycles. The normalized spacial score (nSPS) is 31.6. The first-order chi connectivity index (χ1) is 8.22. The van der Waals surface area contributed by atoms with Gasteiger partial charge in [0.2, 0.25) is 0 Å². The summed E-state index contributed by atoms with van der Waals surface area (Å²) in [7, 11) is 1.46. The van der Waals surface area contributed by atoms with E-state index in [-0.39, 0.29) is 11.9 Å². The summed E-state index contributed by atoms with van der Waals surface area (Å²) >= 11 is 0. The van der Waals surface area contributed by atoms with Crippen LogP contribution in [0.5, 0.6) is 0 Å². The molecule has 0 N–H and O–H groups in total. The number of esters is 1. The molecule has 1 aliphatic carbocycles. The summed E-state index contributed by atoms with van der Waals surface area (Å²) in [6.45, 7) is 4.49. The second kappa shape index (κ2) is 5.83. The number of hydrogen-bond acceptors (Lipinski definition) is 4. The molecule has 17 heavy (non-hydrogen) atoms. The Morgan fingerprint density at radius 1 is 1.47 bits per heavy atom. The second-order valence-electron chi connectivity index (χ2n) is 5.18. The Bertz CT molecular complexity index is 267. The Kier molecular flexibility index (Phi) is 4.40. The molecule has 0 aromatic heterocycles. The van der Waals surface area contributed by atoms with Crippen molar-refractivity contribution in [3.05, 3.63) is 0 Å². The van der Waals surface area contributed by atoms with Crippen molar-refractivity contribution in [3.63, 3.8) is 0 Å². The van der Waals surface area contributed by atoms with Crippen LogP contribution in [0.1, 0.15) is 32.6 Å². The van der Waals surface area contributed by atoms with E-state index in [1.807, 2.05) is 6.92 Å². The van der Waals surface area contributed by atoms with Crippen molar-refractivity contribution in [3.8, 4) is 0 Å². The number of hydrogen-bond donors (Lipinski definition) is 0. The lowest BCUT2D eigenvalue weighted by Crippen LogP contribution is -2.54. The fraction of sp³-hybridized carbons (Fsp3) is 0.923. The summed E-state index contributed by atoms with van der Waals surface area (Å²) in [5, 5.41) is 0. The van der Waals surface area contributed by atoms with E-state index in [1.165, 1.54) is 32.8 Å². The molecular formula is C13H23NO3. The van der Waals surface area contributed by atoms with Gasteiger partial charge in [-0.3, -0.25) is 9.69 Å². The molecule has 3 atom stereocenters. The molecule has 4 nitrogen and oxygen atoms in total. The zero-order chi connectivity index (χ0) is 12.3. The van der Waals surface area contributed by atoms with Crippen LogP contribution in [0.15, 0.2) is 0 Å². The highest BCUT2D eigenvalue weighted by molar-refractivity contribution is 5.72. The highest BCUT2D eigenvalue weighted by Gasteiger charge is 2.35. The summed E-state index contributed by atoms with van der Waals surface area (Å²) in [6, 6.07) is 0.518. The highest BCUT2D eigenvalue weighted by Crippen LogP contribution is 2.28. The number of rotatable bonds is 3. The maximum absolute atomic E-state index is 11.5. The molecule has 0 bridgehead atoms. The SMILES string of the molecule is COC(=O)C(C)CN1CCOC2CCCCC21. The average Bonchev–Trinajstić information content (AvgIpc) is 2.38. The van der Waals surface area contributed by atoms with E-state index in [0.717, 1.165) is 19.7 Å². The Balaban J connectivity index is 1.92. The van der Waals surface area contributed by atoms with E-state index in [1.54, 1.807) is 0 Å². The van der Waals surface area contributed by atoms with Crippen molar-refractivity contribution in [2.75, 3.05) is 26.8 Å². The van der Waals surface area contributed by atoms with E-state index >= 15 is 0 Å². The summed E-state index contributed by atoms with van der Waals surface area (Å²) in [5.74, 6) is -0.149. The van der Waals surface area contributed by atoms with Crippen molar-refractivity contribution >= 4 is 5.97 Å². The van der Waals surface area contributed by atoms with Gasteiger partial charge < -0.3 is 9.47 Å². The van der Waals surface area contributed by atoms with Crippen molar-refractivity contribution in [1.82, 2.24) is 4.90 Å². The smallest absolute Gasteiger partial charge is 0.309 e. The van der Waals surface area contributed by atoms with Crippen LogP contribution in [0.3, 0.4) is 0 Å². The van der Waals surface area contributed by atoms with Crippen LogP contribution in [0.2, 0.25) is 0 Å². The molecule has 2 rings (SSSR count). The van der Waals surface area contributed by atoms with E-state index in [2.05, 4.69) is 4.90 Å². The summed E-state index contributed by atoms with van der Waals surface area (Å²) in [5.41, 5.74) is 0. The predicted octanol–water partition coefficient (Wildman–Crippen LogP) is 1.44. The van der Waals surface area contributed by atoms with Crippen molar-refractivity contribution in [1.29, 1.82) is 0 Å². The van der Waals surface area contributed by atoms with Crippen LogP contribution in [-0.2, 0) is 14.3 Å². The number of carbonyl (C=O) groups excluding carboxylic acids is 1. The second-order valence-corrected chi connectivity index (χ2v) is 5.18. The first-order valence-corrected chi connectivity index (χ1v) is 6.66. The first-order valence-electron chi connectivity index (χ1n) is 6.66. The van der Waals surface area contributed by atoms with E-state index in [9.17, 15) is 4.79 Å². The minimum Gasteiger partial charge on any atom is -0.469 e. The predicted molar refractivity (Wildman–Crippen MR) is 64.7 cm³/mol. The zero-order valence-electron chi connectivity index (χ0n) is 10.9. The van der Waals surface area contributed by atoms with Crippen LogP contribution in [0, 0.1) is 5.92 Å². The fourth-order valence-corrected chi connectivity index (χ4v) is 3.03. The number of nitrogens with zero attached hydrogens (tertiary/aromatic N) is 1. The molecule has 2 aliphatic rings. The Morgan fingerprint density at radius 2 is 2.24 bits per heavy atom. The number of carbonyl (C=O) groups is 1. The molecule has 3 unspecified atom stereocenters. The van der Waals surface area contributed by atoms with Crippen molar-refractivity contribution in [2.24, 2.45) is 5.92 Å². The molecule has 1 saturated carbocycles. The van der Waals surface area contributed by atoms with E-state index in [4.69, 9.17) is 9.47 Å². The minimum absolute atomic E-state index is 0.0410. The van der Waals surface area contributed by atoms with E-state index < -0.39 is 0 Å². The lowest BCUT2D eigenvalue weighted by molar-refractivity contribution is -0.147. The van der Waals surface area contributed by atoms with Gasteiger partial charge in [0.25, 0.3) is 0 Å². The number of morpholine rings is 1. The lowest BCUT2D eigenvalue weighted by atomic mass is 9.89. The van der Waals surface area contributed by atoms with Crippen LogP contribution < -0.4 is 0 Å². The topological polar surface area (TPSA) is 38.8 Å². The molecule has 98 valence electrons. The van der Waals surface area contributed by atoms with E-state index in [0.29, 0.717) is 12.1 Å². The maximum Gasteiger partial charge on any atom is 0.309 e. The Hall–Kier alpha value is -0.610. The largest absolute Gasteiger partial charge is 0.469 e. The van der Waals surface area contributed by atoms with Gasteiger partial charge in [-0.05, 0) is 12.8 Å². The third kappa shape index (κ3) is 2.99. The number of fused-ring (bicyclic) bond motifs is 1. The monoisotopic (exact) mass is 241 g/mol. The molecule has 0 aromatic carbocycles. The Morgan fingerprint density at radius 3 is 3.00 bits per heavy atom. The standard InChI is InChI=1S/C13H23NO3/c1-10(13(15)16-2)9-14-7-8-17-12-6-4-3-5-11(12)14/h10-12H,3-9H2,1-2H3. The van der Waals surface area contributed by atoms with Crippen molar-refractivity contribution in [2.45, 2.75) is 44.8 Å². The summed E-state index contributed by atoms with van der Waals surface area (Å²) in [4.78, 5) is 13.9. The third-order valence-corrected chi connectivity index (χ3v) is 3.96. The van der Waals surface area contributed by atoms with Gasteiger partial charge in [0.15, 0.2) is 0 Å². The molecule has 0 aromatic rings.